The minimum atomic E-state index is 0.515. The highest BCUT2D eigenvalue weighted by molar-refractivity contribution is 7.10. The Morgan fingerprint density at radius 3 is 2.06 bits per heavy atom. The maximum atomic E-state index is 10.1. The maximum Gasteiger partial charge on any atom is 0.103 e. The number of benzene rings is 2. The zero-order chi connectivity index (χ0) is 34.0. The van der Waals surface area contributed by atoms with E-state index in [0.29, 0.717) is 10.6 Å². The predicted octanol–water partition coefficient (Wildman–Crippen LogP) is 8.66. The Labute approximate surface area is 306 Å². The van der Waals surface area contributed by atoms with Crippen LogP contribution in [0.25, 0.3) is 22.0 Å². The van der Waals surface area contributed by atoms with Crippen molar-refractivity contribution in [2.75, 3.05) is 57.7 Å². The van der Waals surface area contributed by atoms with Crippen LogP contribution in [0, 0.1) is 18.3 Å². The normalized spacial score (nSPS) is 20.6. The number of aryl methyl sites for hydroxylation is 1. The van der Waals surface area contributed by atoms with Gasteiger partial charge < -0.3 is 15.1 Å². The summed E-state index contributed by atoms with van der Waals surface area (Å²) in [7, 11) is 0. The predicted molar refractivity (Wildman–Crippen MR) is 207 cm³/mol. The first kappa shape index (κ1) is 34.1. The quantitative estimate of drug-likeness (QED) is 0.187. The molecular formula is C41H50ClN7S. The van der Waals surface area contributed by atoms with Gasteiger partial charge in [-0.05, 0) is 149 Å². The number of nitriles is 1. The number of likely N-dealkylation sites (tertiary alicyclic amines) is 4. The third-order valence-corrected chi connectivity index (χ3v) is 13.0. The molecule has 0 spiro atoms. The lowest BCUT2D eigenvalue weighted by Gasteiger charge is -2.36. The van der Waals surface area contributed by atoms with Crippen molar-refractivity contribution in [3.8, 4) is 17.2 Å². The van der Waals surface area contributed by atoms with Gasteiger partial charge in [-0.1, -0.05) is 23.7 Å². The molecule has 9 heteroatoms. The molecule has 0 saturated carbocycles. The van der Waals surface area contributed by atoms with Crippen molar-refractivity contribution >= 4 is 45.2 Å². The van der Waals surface area contributed by atoms with Gasteiger partial charge in [0.25, 0.3) is 0 Å². The van der Waals surface area contributed by atoms with Gasteiger partial charge in [0, 0.05) is 54.7 Å². The summed E-state index contributed by atoms with van der Waals surface area (Å²) in [6.45, 7) is 13.9. The summed E-state index contributed by atoms with van der Waals surface area (Å²) in [5.41, 5.74) is 7.66. The Kier molecular flexibility index (Phi) is 10.4. The van der Waals surface area contributed by atoms with Gasteiger partial charge in [0.15, 0.2) is 0 Å². The molecule has 1 N–H and O–H groups in total. The summed E-state index contributed by atoms with van der Waals surface area (Å²) in [4.78, 5) is 16.8. The molecular weight excluding hydrogens is 658 g/mol. The van der Waals surface area contributed by atoms with Crippen molar-refractivity contribution in [3.05, 3.63) is 74.6 Å². The molecule has 0 amide bonds. The molecule has 0 unspecified atom stereocenters. The van der Waals surface area contributed by atoms with Crippen molar-refractivity contribution in [1.29, 1.82) is 5.26 Å². The lowest BCUT2D eigenvalue weighted by atomic mass is 10.0. The number of nitrogens with zero attached hydrogens (tertiary/aromatic N) is 6. The Morgan fingerprint density at radius 1 is 0.800 bits per heavy atom. The largest absolute Gasteiger partial charge is 0.352 e. The monoisotopic (exact) mass is 707 g/mol. The zero-order valence-electron chi connectivity index (χ0n) is 29.5. The molecule has 4 fully saturated rings. The topological polar surface area (TPSA) is 61.7 Å². The van der Waals surface area contributed by atoms with Crippen LogP contribution in [0.5, 0.6) is 0 Å². The number of halogens is 1. The third kappa shape index (κ3) is 7.46. The first-order valence-electron chi connectivity index (χ1n) is 18.9. The maximum absolute atomic E-state index is 10.1. The van der Waals surface area contributed by atoms with Crippen LogP contribution >= 0.6 is 22.9 Å². The van der Waals surface area contributed by atoms with Crippen LogP contribution in [0.1, 0.15) is 72.9 Å². The standard InChI is InChI=1S/C41H50ClN7S/c1-29-20-31(32-22-36(50-28-32)27-47-18-10-35(11-19-47)49-14-4-5-15-49)23-38(42)40(29)45-41-33(24-43)25-44-39-21-30(6-7-37(39)41)26-46-16-8-34(9-17-46)48-12-2-3-13-48/h6-7,20-23,25,28,34-35H,2-5,8-19,26-27H2,1H3,(H,44,45). The smallest absolute Gasteiger partial charge is 0.103 e. The number of nitrogens with one attached hydrogen (secondary N) is 1. The second-order valence-electron chi connectivity index (χ2n) is 15.1. The summed E-state index contributed by atoms with van der Waals surface area (Å²) in [6, 6.07) is 17.0. The summed E-state index contributed by atoms with van der Waals surface area (Å²) >= 11 is 8.87. The number of hydrogen-bond acceptors (Lipinski definition) is 8. The number of rotatable bonds is 9. The van der Waals surface area contributed by atoms with Crippen molar-refractivity contribution < 1.29 is 0 Å². The molecule has 8 rings (SSSR count). The van der Waals surface area contributed by atoms with Gasteiger partial charge in [0.1, 0.15) is 6.07 Å². The van der Waals surface area contributed by atoms with Gasteiger partial charge in [-0.15, -0.1) is 11.3 Å². The van der Waals surface area contributed by atoms with Crippen LogP contribution in [0.15, 0.2) is 48.0 Å². The SMILES string of the molecule is Cc1cc(-c2csc(CN3CCC(N4CCCC4)CC3)c2)cc(Cl)c1Nc1c(C#N)cnc2cc(CN3CCC(N4CCCC4)CC3)ccc12. The highest BCUT2D eigenvalue weighted by Crippen LogP contribution is 2.38. The average molecular weight is 708 g/mol. The van der Waals surface area contributed by atoms with Crippen LogP contribution in [0.3, 0.4) is 0 Å². The number of pyridine rings is 1. The van der Waals surface area contributed by atoms with E-state index in [1.54, 1.807) is 6.20 Å². The molecule has 50 heavy (non-hydrogen) atoms. The van der Waals surface area contributed by atoms with E-state index in [1.165, 1.54) is 107 Å². The molecule has 4 aliphatic heterocycles. The fraction of sp³-hybridized carbons (Fsp3) is 0.512. The number of aromatic nitrogens is 1. The Balaban J connectivity index is 0.935. The highest BCUT2D eigenvalue weighted by Gasteiger charge is 2.28. The van der Waals surface area contributed by atoms with E-state index in [-0.39, 0.29) is 0 Å². The van der Waals surface area contributed by atoms with Crippen molar-refractivity contribution in [3.63, 3.8) is 0 Å². The van der Waals surface area contributed by atoms with Gasteiger partial charge in [-0.25, -0.2) is 0 Å². The fourth-order valence-electron chi connectivity index (χ4n) is 8.94. The van der Waals surface area contributed by atoms with E-state index < -0.39 is 0 Å². The van der Waals surface area contributed by atoms with E-state index in [2.05, 4.69) is 79.7 Å². The van der Waals surface area contributed by atoms with E-state index >= 15 is 0 Å². The summed E-state index contributed by atoms with van der Waals surface area (Å²) in [5.74, 6) is 0. The van der Waals surface area contributed by atoms with Crippen LogP contribution in [0.4, 0.5) is 11.4 Å². The first-order chi connectivity index (χ1) is 24.5. The molecule has 262 valence electrons. The molecule has 0 atom stereocenters. The second kappa shape index (κ2) is 15.3. The third-order valence-electron chi connectivity index (χ3n) is 11.8. The molecule has 7 nitrogen and oxygen atoms in total. The Bertz CT molecular complexity index is 1810. The van der Waals surface area contributed by atoms with Crippen LogP contribution in [-0.2, 0) is 13.1 Å². The molecule has 0 bridgehead atoms. The average Bonchev–Trinajstić information content (AvgIpc) is 3.95. The van der Waals surface area contributed by atoms with Crippen molar-refractivity contribution in [2.45, 2.75) is 83.5 Å². The van der Waals surface area contributed by atoms with Gasteiger partial charge in [-0.2, -0.15) is 5.26 Å². The summed E-state index contributed by atoms with van der Waals surface area (Å²) in [5, 5.41) is 17.5. The van der Waals surface area contributed by atoms with Crippen LogP contribution in [-0.4, -0.2) is 89.0 Å². The van der Waals surface area contributed by atoms with Gasteiger partial charge in [0.2, 0.25) is 0 Å². The fourth-order valence-corrected chi connectivity index (χ4v) is 10.2. The molecule has 2 aromatic heterocycles. The Morgan fingerprint density at radius 2 is 1.44 bits per heavy atom. The molecule has 4 aromatic rings. The first-order valence-corrected chi connectivity index (χ1v) is 20.2. The number of piperidine rings is 2. The number of anilines is 2. The number of hydrogen-bond donors (Lipinski definition) is 1. The molecule has 4 aliphatic rings. The van der Waals surface area contributed by atoms with Crippen molar-refractivity contribution in [1.82, 2.24) is 24.6 Å². The van der Waals surface area contributed by atoms with E-state index in [1.807, 2.05) is 11.3 Å². The van der Waals surface area contributed by atoms with E-state index in [9.17, 15) is 5.26 Å². The molecule has 2 aromatic carbocycles. The van der Waals surface area contributed by atoms with Crippen LogP contribution < -0.4 is 5.32 Å². The second-order valence-corrected chi connectivity index (χ2v) is 16.5. The van der Waals surface area contributed by atoms with Crippen LogP contribution in [0.2, 0.25) is 5.02 Å². The summed E-state index contributed by atoms with van der Waals surface area (Å²) in [6.07, 6.45) is 12.3. The number of fused-ring (bicyclic) bond motifs is 1. The Hall–Kier alpha value is -3.03. The minimum Gasteiger partial charge on any atom is -0.352 e. The van der Waals surface area contributed by atoms with Gasteiger partial charge in [-0.3, -0.25) is 14.8 Å². The lowest BCUT2D eigenvalue weighted by molar-refractivity contribution is 0.122. The zero-order valence-corrected chi connectivity index (χ0v) is 31.0. The van der Waals surface area contributed by atoms with Crippen molar-refractivity contribution in [2.24, 2.45) is 0 Å². The van der Waals surface area contributed by atoms with E-state index in [4.69, 9.17) is 16.6 Å². The lowest BCUT2D eigenvalue weighted by Crippen LogP contribution is -2.43. The highest BCUT2D eigenvalue weighted by atomic mass is 35.5. The molecule has 6 heterocycles. The number of thiophene rings is 1. The van der Waals surface area contributed by atoms with Gasteiger partial charge >= 0.3 is 0 Å². The molecule has 0 radical (unpaired) electrons. The molecule has 4 saturated heterocycles. The molecule has 0 aliphatic carbocycles. The summed E-state index contributed by atoms with van der Waals surface area (Å²) < 4.78 is 0. The minimum absolute atomic E-state index is 0.515. The van der Waals surface area contributed by atoms with Gasteiger partial charge in [0.05, 0.1) is 27.5 Å². The van der Waals surface area contributed by atoms with E-state index in [0.717, 1.165) is 71.7 Å².